The zero-order valence-electron chi connectivity index (χ0n) is 13.4. The molecule has 1 radical (unpaired) electrons. The van der Waals surface area contributed by atoms with Crippen molar-refractivity contribution in [1.82, 2.24) is 0 Å². The van der Waals surface area contributed by atoms with Crippen molar-refractivity contribution < 1.29 is 8.42 Å². The van der Waals surface area contributed by atoms with Gasteiger partial charge in [0.25, 0.3) is 10.0 Å². The molecule has 0 unspecified atom stereocenters. The first-order chi connectivity index (χ1) is 10.3. The van der Waals surface area contributed by atoms with Crippen molar-refractivity contribution in [3.05, 3.63) is 59.7 Å². The minimum atomic E-state index is -3.63. The minimum Gasteiger partial charge on any atom is -0.279 e. The summed E-state index contributed by atoms with van der Waals surface area (Å²) in [6.45, 7) is 8.25. The Morgan fingerprint density at radius 1 is 0.909 bits per heavy atom. The smallest absolute Gasteiger partial charge is 0.262 e. The second-order valence-corrected chi connectivity index (χ2v) is 7.60. The lowest BCUT2D eigenvalue weighted by Crippen LogP contribution is -2.16. The molecule has 0 heterocycles. The molecule has 2 rings (SSSR count). The molecular weight excluding hydrogens is 294 g/mol. The molecule has 22 heavy (non-hydrogen) atoms. The normalized spacial score (nSPS) is 11.9. The Morgan fingerprint density at radius 3 is 1.95 bits per heavy atom. The van der Waals surface area contributed by atoms with Crippen LogP contribution in [0, 0.1) is 6.07 Å². The number of rotatable bonds is 5. The van der Waals surface area contributed by atoms with Crippen LogP contribution in [0.25, 0.3) is 0 Å². The minimum absolute atomic E-state index is 0.156. The predicted octanol–water partition coefficient (Wildman–Crippen LogP) is 4.53. The maximum absolute atomic E-state index is 12.6. The summed E-state index contributed by atoms with van der Waals surface area (Å²) in [4.78, 5) is 0.156. The quantitative estimate of drug-likeness (QED) is 0.880. The fourth-order valence-electron chi connectivity index (χ4n) is 2.40. The van der Waals surface area contributed by atoms with Crippen molar-refractivity contribution in [2.24, 2.45) is 0 Å². The van der Waals surface area contributed by atoms with Gasteiger partial charge in [0.1, 0.15) is 0 Å². The molecule has 0 fully saturated rings. The highest BCUT2D eigenvalue weighted by atomic mass is 32.2. The van der Waals surface area contributed by atoms with E-state index >= 15 is 0 Å². The summed E-state index contributed by atoms with van der Waals surface area (Å²) >= 11 is 0. The first-order valence-corrected chi connectivity index (χ1v) is 8.93. The first kappa shape index (κ1) is 16.6. The molecule has 0 spiro atoms. The van der Waals surface area contributed by atoms with Crippen LogP contribution >= 0.6 is 0 Å². The van der Waals surface area contributed by atoms with Gasteiger partial charge in [-0.2, -0.15) is 0 Å². The van der Waals surface area contributed by atoms with Crippen LogP contribution < -0.4 is 4.72 Å². The van der Waals surface area contributed by atoms with E-state index in [0.29, 0.717) is 5.69 Å². The molecule has 2 aromatic rings. The van der Waals surface area contributed by atoms with Gasteiger partial charge in [-0.05, 0) is 29.0 Å². The molecule has 0 aliphatic carbocycles. The van der Waals surface area contributed by atoms with Gasteiger partial charge in [-0.1, -0.05) is 64.1 Å². The van der Waals surface area contributed by atoms with E-state index in [0.717, 1.165) is 11.1 Å². The van der Waals surface area contributed by atoms with E-state index in [1.54, 1.807) is 24.3 Å². The van der Waals surface area contributed by atoms with Gasteiger partial charge in [0, 0.05) is 6.07 Å². The van der Waals surface area contributed by atoms with Crippen LogP contribution in [0.1, 0.15) is 50.7 Å². The van der Waals surface area contributed by atoms with Gasteiger partial charge in [-0.25, -0.2) is 8.42 Å². The first-order valence-electron chi connectivity index (χ1n) is 7.45. The van der Waals surface area contributed by atoms with Crippen molar-refractivity contribution in [2.45, 2.75) is 44.4 Å². The van der Waals surface area contributed by atoms with E-state index in [4.69, 9.17) is 0 Å². The number of para-hydroxylation sites is 1. The van der Waals surface area contributed by atoms with Crippen LogP contribution in [0.3, 0.4) is 0 Å². The van der Waals surface area contributed by atoms with Crippen molar-refractivity contribution >= 4 is 15.7 Å². The van der Waals surface area contributed by atoms with E-state index < -0.39 is 10.0 Å². The summed E-state index contributed by atoms with van der Waals surface area (Å²) in [6, 6.07) is 15.3. The molecule has 0 aliphatic rings. The summed E-state index contributed by atoms with van der Waals surface area (Å²) in [5, 5.41) is 0. The molecule has 2 aromatic carbocycles. The highest BCUT2D eigenvalue weighted by Crippen LogP contribution is 2.33. The lowest BCUT2D eigenvalue weighted by atomic mass is 9.93. The fraction of sp³-hybridized carbons (Fsp3) is 0.333. The van der Waals surface area contributed by atoms with Gasteiger partial charge in [0.2, 0.25) is 0 Å². The van der Waals surface area contributed by atoms with Gasteiger partial charge in [0.05, 0.1) is 10.6 Å². The second kappa shape index (κ2) is 6.53. The maximum Gasteiger partial charge on any atom is 0.262 e. The van der Waals surface area contributed by atoms with Gasteiger partial charge >= 0.3 is 0 Å². The SMILES string of the molecule is CC(C)c1cccc(C(C)C)c1NS(=O)(=O)c1[c]cccc1. The van der Waals surface area contributed by atoms with Gasteiger partial charge in [0.15, 0.2) is 0 Å². The monoisotopic (exact) mass is 316 g/mol. The Morgan fingerprint density at radius 2 is 1.50 bits per heavy atom. The van der Waals surface area contributed by atoms with E-state index in [9.17, 15) is 8.42 Å². The van der Waals surface area contributed by atoms with Crippen LogP contribution in [0.5, 0.6) is 0 Å². The van der Waals surface area contributed by atoms with Crippen LogP contribution in [0.4, 0.5) is 5.69 Å². The molecule has 4 heteroatoms. The molecular formula is C18H22NO2S. The van der Waals surface area contributed by atoms with E-state index in [1.165, 1.54) is 0 Å². The predicted molar refractivity (Wildman–Crippen MR) is 90.7 cm³/mol. The van der Waals surface area contributed by atoms with Gasteiger partial charge < -0.3 is 0 Å². The Labute approximate surface area is 133 Å². The third kappa shape index (κ3) is 3.50. The van der Waals surface area contributed by atoms with Crippen molar-refractivity contribution in [1.29, 1.82) is 0 Å². The van der Waals surface area contributed by atoms with Crippen LogP contribution in [0.15, 0.2) is 47.4 Å². The van der Waals surface area contributed by atoms with Crippen molar-refractivity contribution in [2.75, 3.05) is 4.72 Å². The molecule has 0 saturated carbocycles. The number of anilines is 1. The molecule has 0 amide bonds. The summed E-state index contributed by atoms with van der Waals surface area (Å²) in [5.74, 6) is 0.465. The van der Waals surface area contributed by atoms with E-state index in [2.05, 4.69) is 38.5 Å². The molecule has 0 atom stereocenters. The molecule has 1 N–H and O–H groups in total. The van der Waals surface area contributed by atoms with Crippen LogP contribution in [-0.4, -0.2) is 8.42 Å². The zero-order chi connectivity index (χ0) is 16.3. The van der Waals surface area contributed by atoms with Crippen LogP contribution in [-0.2, 0) is 10.0 Å². The number of hydrogen-bond donors (Lipinski definition) is 1. The zero-order valence-corrected chi connectivity index (χ0v) is 14.2. The highest BCUT2D eigenvalue weighted by molar-refractivity contribution is 7.92. The Hall–Kier alpha value is -1.81. The Bertz CT molecular complexity index is 709. The average molecular weight is 316 g/mol. The van der Waals surface area contributed by atoms with Crippen molar-refractivity contribution in [3.8, 4) is 0 Å². The average Bonchev–Trinajstić information content (AvgIpc) is 2.47. The highest BCUT2D eigenvalue weighted by Gasteiger charge is 2.20. The van der Waals surface area contributed by atoms with Gasteiger partial charge in [-0.15, -0.1) is 0 Å². The number of sulfonamides is 1. The topological polar surface area (TPSA) is 46.2 Å². The molecule has 0 bridgehead atoms. The standard InChI is InChI=1S/C18H22NO2S/c1-13(2)16-11-8-12-17(14(3)4)18(16)19-22(20,21)15-9-6-5-7-10-15/h5-9,11-14,19H,1-4H3. The largest absolute Gasteiger partial charge is 0.279 e. The maximum atomic E-state index is 12.6. The number of hydrogen-bond acceptors (Lipinski definition) is 2. The lowest BCUT2D eigenvalue weighted by Gasteiger charge is -2.20. The number of nitrogens with one attached hydrogen (secondary N) is 1. The Balaban J connectivity index is 2.53. The third-order valence-corrected chi connectivity index (χ3v) is 4.89. The van der Waals surface area contributed by atoms with Gasteiger partial charge in [-0.3, -0.25) is 4.72 Å². The third-order valence-electron chi connectivity index (χ3n) is 3.58. The fourth-order valence-corrected chi connectivity index (χ4v) is 3.50. The van der Waals surface area contributed by atoms with E-state index in [-0.39, 0.29) is 16.7 Å². The summed E-state index contributed by atoms with van der Waals surface area (Å²) in [6.07, 6.45) is 0. The van der Waals surface area contributed by atoms with Crippen LogP contribution in [0.2, 0.25) is 0 Å². The van der Waals surface area contributed by atoms with Crippen molar-refractivity contribution in [3.63, 3.8) is 0 Å². The molecule has 0 aromatic heterocycles. The Kier molecular flexibility index (Phi) is 4.91. The molecule has 0 saturated heterocycles. The summed E-state index contributed by atoms with van der Waals surface area (Å²) in [5.41, 5.74) is 2.71. The summed E-state index contributed by atoms with van der Waals surface area (Å²) < 4.78 is 28.0. The second-order valence-electron chi connectivity index (χ2n) is 5.95. The number of benzene rings is 2. The molecule has 0 aliphatic heterocycles. The molecule has 3 nitrogen and oxygen atoms in total. The lowest BCUT2D eigenvalue weighted by molar-refractivity contribution is 0.601. The van der Waals surface area contributed by atoms with E-state index in [1.807, 2.05) is 18.2 Å². The summed E-state index contributed by atoms with van der Waals surface area (Å²) in [7, 11) is -3.63. The molecule has 117 valence electrons.